The van der Waals surface area contributed by atoms with Crippen molar-refractivity contribution in [2.45, 2.75) is 38.0 Å². The van der Waals surface area contributed by atoms with E-state index >= 15 is 0 Å². The number of alkyl halides is 3. The second kappa shape index (κ2) is 8.77. The van der Waals surface area contributed by atoms with E-state index in [-0.39, 0.29) is 46.5 Å². The Hall–Kier alpha value is -3.67. The maximum Gasteiger partial charge on any atom is 0.433 e. The molecule has 1 saturated carbocycles. The molecule has 2 fully saturated rings. The molecule has 9 nitrogen and oxygen atoms in total. The topological polar surface area (TPSA) is 124 Å². The lowest BCUT2D eigenvalue weighted by Crippen LogP contribution is -2.61. The number of nitrogens with zero attached hydrogens (tertiary/aromatic N) is 3. The summed E-state index contributed by atoms with van der Waals surface area (Å²) in [5.74, 6) is 0.0297. The van der Waals surface area contributed by atoms with Gasteiger partial charge in [0.15, 0.2) is 11.5 Å². The fraction of sp³-hybridized carbons (Fsp3) is 0.417. The SMILES string of the molecule is COc1ccc(-c2nc(C(=O)N3CC(NC(=O)C4CC4)C3)c([C@H](C)N)o2)c2ccc(C(F)(F)F)nc12. The smallest absolute Gasteiger partial charge is 0.433 e. The molecule has 36 heavy (non-hydrogen) atoms. The summed E-state index contributed by atoms with van der Waals surface area (Å²) in [5.41, 5.74) is 5.32. The third-order valence-electron chi connectivity index (χ3n) is 6.29. The first-order valence-electron chi connectivity index (χ1n) is 11.5. The molecule has 0 spiro atoms. The van der Waals surface area contributed by atoms with Crippen molar-refractivity contribution in [3.8, 4) is 17.2 Å². The Morgan fingerprint density at radius 3 is 2.53 bits per heavy atom. The molecule has 1 aliphatic carbocycles. The first-order valence-corrected chi connectivity index (χ1v) is 11.5. The highest BCUT2D eigenvalue weighted by Crippen LogP contribution is 2.37. The maximum atomic E-state index is 13.3. The van der Waals surface area contributed by atoms with E-state index in [1.54, 1.807) is 13.0 Å². The zero-order chi connectivity index (χ0) is 25.8. The number of aromatic nitrogens is 2. The molecule has 3 N–H and O–H groups in total. The van der Waals surface area contributed by atoms with Crippen LogP contribution in [0.3, 0.4) is 0 Å². The van der Waals surface area contributed by atoms with E-state index in [0.29, 0.717) is 24.0 Å². The molecule has 1 saturated heterocycles. The first-order chi connectivity index (χ1) is 17.1. The van der Waals surface area contributed by atoms with Crippen LogP contribution < -0.4 is 15.8 Å². The van der Waals surface area contributed by atoms with Gasteiger partial charge in [0.1, 0.15) is 17.0 Å². The highest BCUT2D eigenvalue weighted by molar-refractivity contribution is 5.98. The third-order valence-corrected chi connectivity index (χ3v) is 6.29. The maximum absolute atomic E-state index is 13.3. The number of hydrogen-bond donors (Lipinski definition) is 2. The number of carbonyl (C=O) groups is 2. The molecule has 2 aliphatic rings. The number of nitrogens with two attached hydrogens (primary N) is 1. The van der Waals surface area contributed by atoms with Gasteiger partial charge in [0.25, 0.3) is 5.91 Å². The number of likely N-dealkylation sites (tertiary alicyclic amines) is 1. The van der Waals surface area contributed by atoms with Gasteiger partial charge in [-0.25, -0.2) is 9.97 Å². The molecule has 190 valence electrons. The number of nitrogens with one attached hydrogen (secondary N) is 1. The van der Waals surface area contributed by atoms with E-state index in [1.165, 1.54) is 24.1 Å². The zero-order valence-electron chi connectivity index (χ0n) is 19.6. The quantitative estimate of drug-likeness (QED) is 0.529. The Morgan fingerprint density at radius 1 is 1.19 bits per heavy atom. The monoisotopic (exact) mass is 503 g/mol. The predicted octanol–water partition coefficient (Wildman–Crippen LogP) is 3.29. The summed E-state index contributed by atoms with van der Waals surface area (Å²) in [6.07, 6.45) is -2.84. The van der Waals surface area contributed by atoms with Gasteiger partial charge in [-0.3, -0.25) is 9.59 Å². The Kier molecular flexibility index (Phi) is 5.86. The molecule has 1 aliphatic heterocycles. The van der Waals surface area contributed by atoms with Crippen LogP contribution in [0, 0.1) is 5.92 Å². The lowest BCUT2D eigenvalue weighted by atomic mass is 10.1. The van der Waals surface area contributed by atoms with E-state index in [1.807, 2.05) is 0 Å². The first kappa shape index (κ1) is 24.0. The van der Waals surface area contributed by atoms with Crippen LogP contribution in [0.25, 0.3) is 22.4 Å². The van der Waals surface area contributed by atoms with Crippen LogP contribution in [0.2, 0.25) is 0 Å². The van der Waals surface area contributed by atoms with Gasteiger partial charge < -0.3 is 25.1 Å². The molecule has 5 rings (SSSR count). The van der Waals surface area contributed by atoms with Gasteiger partial charge in [-0.1, -0.05) is 0 Å². The molecule has 1 atom stereocenters. The van der Waals surface area contributed by atoms with E-state index in [4.69, 9.17) is 14.9 Å². The number of benzene rings is 1. The van der Waals surface area contributed by atoms with Crippen molar-refractivity contribution in [3.63, 3.8) is 0 Å². The van der Waals surface area contributed by atoms with Crippen LogP contribution in [0.15, 0.2) is 28.7 Å². The fourth-order valence-corrected chi connectivity index (χ4v) is 4.16. The Bertz CT molecular complexity index is 1340. The zero-order valence-corrected chi connectivity index (χ0v) is 19.6. The van der Waals surface area contributed by atoms with Crippen molar-refractivity contribution in [2.75, 3.05) is 20.2 Å². The van der Waals surface area contributed by atoms with E-state index in [0.717, 1.165) is 18.9 Å². The van der Waals surface area contributed by atoms with Crippen molar-refractivity contribution in [1.82, 2.24) is 20.2 Å². The highest BCUT2D eigenvalue weighted by atomic mass is 19.4. The van der Waals surface area contributed by atoms with Crippen LogP contribution in [-0.2, 0) is 11.0 Å². The lowest BCUT2D eigenvalue weighted by Gasteiger charge is -2.39. The minimum Gasteiger partial charge on any atom is -0.494 e. The van der Waals surface area contributed by atoms with Gasteiger partial charge in [0.2, 0.25) is 11.8 Å². The molecular formula is C24H24F3N5O4. The molecule has 1 aromatic carbocycles. The van der Waals surface area contributed by atoms with Crippen LogP contribution in [0.4, 0.5) is 13.2 Å². The second-order valence-corrected chi connectivity index (χ2v) is 9.12. The Labute approximate surface area is 203 Å². The molecule has 0 unspecified atom stereocenters. The number of amides is 2. The van der Waals surface area contributed by atoms with Gasteiger partial charge in [-0.2, -0.15) is 13.2 Å². The Balaban J connectivity index is 1.46. The number of carbonyl (C=O) groups excluding carboxylic acids is 2. The summed E-state index contributed by atoms with van der Waals surface area (Å²) >= 11 is 0. The van der Waals surface area contributed by atoms with Crippen molar-refractivity contribution in [2.24, 2.45) is 11.7 Å². The summed E-state index contributed by atoms with van der Waals surface area (Å²) in [6.45, 7) is 2.32. The number of fused-ring (bicyclic) bond motifs is 1. The second-order valence-electron chi connectivity index (χ2n) is 9.12. The minimum absolute atomic E-state index is 0.0146. The molecule has 0 radical (unpaired) electrons. The van der Waals surface area contributed by atoms with Gasteiger partial charge in [-0.05, 0) is 44.0 Å². The average Bonchev–Trinajstić information content (AvgIpc) is 3.57. The number of oxazole rings is 1. The molecule has 2 amide bonds. The number of halogens is 3. The van der Waals surface area contributed by atoms with Crippen molar-refractivity contribution in [3.05, 3.63) is 41.4 Å². The van der Waals surface area contributed by atoms with Gasteiger partial charge in [-0.15, -0.1) is 0 Å². The van der Waals surface area contributed by atoms with Crippen LogP contribution in [0.5, 0.6) is 5.75 Å². The average molecular weight is 503 g/mol. The largest absolute Gasteiger partial charge is 0.494 e. The predicted molar refractivity (Wildman–Crippen MR) is 122 cm³/mol. The fourth-order valence-electron chi connectivity index (χ4n) is 4.16. The number of methoxy groups -OCH3 is 1. The number of rotatable bonds is 6. The Morgan fingerprint density at radius 2 is 1.92 bits per heavy atom. The van der Waals surface area contributed by atoms with Gasteiger partial charge >= 0.3 is 6.18 Å². The normalized spacial score (nSPS) is 17.1. The number of pyridine rings is 1. The van der Waals surface area contributed by atoms with E-state index in [2.05, 4.69) is 15.3 Å². The molecule has 3 heterocycles. The standard InChI is InChI=1S/C24H24F3N5O4/c1-11(28)20-19(23(34)32-9-13(10-32)29-21(33)12-3-4-12)31-22(36-20)15-5-7-16(35-2)18-14(15)6-8-17(30-18)24(25,26)27/h5-8,11-13H,3-4,9-10,28H2,1-2H3,(H,29,33)/t11-/m0/s1. The van der Waals surface area contributed by atoms with Gasteiger partial charge in [0, 0.05) is 30.0 Å². The van der Waals surface area contributed by atoms with E-state index in [9.17, 15) is 22.8 Å². The highest BCUT2D eigenvalue weighted by Gasteiger charge is 2.39. The molecular weight excluding hydrogens is 479 g/mol. The number of hydrogen-bond acceptors (Lipinski definition) is 7. The summed E-state index contributed by atoms with van der Waals surface area (Å²) in [7, 11) is 1.33. The number of ether oxygens (including phenoxy) is 1. The van der Waals surface area contributed by atoms with Crippen LogP contribution in [-0.4, -0.2) is 52.9 Å². The lowest BCUT2D eigenvalue weighted by molar-refractivity contribution is -0.141. The summed E-state index contributed by atoms with van der Waals surface area (Å²) in [5, 5.41) is 3.24. The van der Waals surface area contributed by atoms with Crippen molar-refractivity contribution < 1.29 is 31.9 Å². The molecule has 0 bridgehead atoms. The van der Waals surface area contributed by atoms with Gasteiger partial charge in [0.05, 0.1) is 19.2 Å². The molecule has 12 heteroatoms. The van der Waals surface area contributed by atoms with Crippen molar-refractivity contribution >= 4 is 22.7 Å². The minimum atomic E-state index is -4.63. The summed E-state index contributed by atoms with van der Waals surface area (Å²) in [6, 6.07) is 4.38. The molecule has 3 aromatic rings. The summed E-state index contributed by atoms with van der Waals surface area (Å²) < 4.78 is 50.8. The summed E-state index contributed by atoms with van der Waals surface area (Å²) in [4.78, 5) is 34.8. The third kappa shape index (κ3) is 4.36. The van der Waals surface area contributed by atoms with Crippen LogP contribution in [0.1, 0.15) is 47.7 Å². The molecule has 2 aromatic heterocycles. The van der Waals surface area contributed by atoms with Crippen molar-refractivity contribution in [1.29, 1.82) is 0 Å². The van der Waals surface area contributed by atoms with E-state index < -0.39 is 23.8 Å². The van der Waals surface area contributed by atoms with Crippen LogP contribution >= 0.6 is 0 Å².